The molecule has 1 unspecified atom stereocenters. The Labute approximate surface area is 131 Å². The maximum atomic E-state index is 11.8. The Morgan fingerprint density at radius 3 is 2.27 bits per heavy atom. The number of hydrogen-bond donors (Lipinski definition) is 3. The van der Waals surface area contributed by atoms with Gasteiger partial charge in [0.2, 0.25) is 5.91 Å². The van der Waals surface area contributed by atoms with Crippen molar-refractivity contribution < 1.29 is 4.79 Å². The largest absolute Gasteiger partial charge is 0.348 e. The molecular formula is C18H23N3O. The lowest BCUT2D eigenvalue weighted by Gasteiger charge is -2.19. The minimum absolute atomic E-state index is 0.0203. The molecule has 4 nitrogen and oxygen atoms in total. The van der Waals surface area contributed by atoms with Gasteiger partial charge in [-0.15, -0.1) is 0 Å². The van der Waals surface area contributed by atoms with E-state index in [9.17, 15) is 4.79 Å². The summed E-state index contributed by atoms with van der Waals surface area (Å²) in [6.07, 6.45) is 0.722. The Kier molecular flexibility index (Phi) is 6.13. The van der Waals surface area contributed by atoms with Crippen molar-refractivity contribution in [1.29, 1.82) is 0 Å². The van der Waals surface area contributed by atoms with Crippen molar-refractivity contribution in [2.75, 3.05) is 20.1 Å². The van der Waals surface area contributed by atoms with Crippen molar-refractivity contribution in [3.8, 4) is 11.1 Å². The molecule has 0 saturated carbocycles. The standard InChI is InChI=1S/C18H23N3O/c1-20-13-18(22)21-17(11-12-19)16-9-7-15(8-10-16)14-5-3-2-4-6-14/h2-10,17,20H,11-13,19H2,1H3,(H,21,22). The summed E-state index contributed by atoms with van der Waals surface area (Å²) in [5, 5.41) is 5.87. The SMILES string of the molecule is CNCC(=O)NC(CCN)c1ccc(-c2ccccc2)cc1. The Balaban J connectivity index is 2.13. The second-order valence-corrected chi connectivity index (χ2v) is 5.22. The van der Waals surface area contributed by atoms with Crippen molar-refractivity contribution >= 4 is 5.91 Å². The maximum Gasteiger partial charge on any atom is 0.234 e. The molecule has 1 amide bonds. The highest BCUT2D eigenvalue weighted by Gasteiger charge is 2.13. The number of benzene rings is 2. The third-order valence-electron chi connectivity index (χ3n) is 3.55. The first kappa shape index (κ1) is 16.2. The van der Waals surface area contributed by atoms with Gasteiger partial charge >= 0.3 is 0 Å². The van der Waals surface area contributed by atoms with Crippen LogP contribution in [0.1, 0.15) is 18.0 Å². The van der Waals surface area contributed by atoms with Crippen molar-refractivity contribution in [2.45, 2.75) is 12.5 Å². The Morgan fingerprint density at radius 1 is 1.05 bits per heavy atom. The molecule has 22 heavy (non-hydrogen) atoms. The molecule has 2 aromatic carbocycles. The average molecular weight is 297 g/mol. The third-order valence-corrected chi connectivity index (χ3v) is 3.55. The van der Waals surface area contributed by atoms with E-state index in [1.165, 1.54) is 5.56 Å². The van der Waals surface area contributed by atoms with Gasteiger partial charge < -0.3 is 16.4 Å². The summed E-state index contributed by atoms with van der Waals surface area (Å²) in [7, 11) is 1.76. The van der Waals surface area contributed by atoms with Gasteiger partial charge in [0.15, 0.2) is 0 Å². The fourth-order valence-corrected chi connectivity index (χ4v) is 2.43. The van der Waals surface area contributed by atoms with Crippen LogP contribution in [-0.2, 0) is 4.79 Å². The predicted octanol–water partition coefficient (Wildman–Crippen LogP) is 2.08. The fraction of sp³-hybridized carbons (Fsp3) is 0.278. The molecule has 4 N–H and O–H groups in total. The molecule has 4 heteroatoms. The maximum absolute atomic E-state index is 11.8. The normalized spacial score (nSPS) is 11.9. The van der Waals surface area contributed by atoms with E-state index < -0.39 is 0 Å². The molecule has 116 valence electrons. The number of nitrogens with two attached hydrogens (primary N) is 1. The number of carbonyl (C=O) groups excluding carboxylic acids is 1. The molecule has 0 saturated heterocycles. The minimum Gasteiger partial charge on any atom is -0.348 e. The molecule has 0 radical (unpaired) electrons. The van der Waals surface area contributed by atoms with Crippen molar-refractivity contribution in [1.82, 2.24) is 10.6 Å². The lowest BCUT2D eigenvalue weighted by Crippen LogP contribution is -2.35. The first-order chi connectivity index (χ1) is 10.7. The molecule has 2 aromatic rings. The van der Waals surface area contributed by atoms with E-state index >= 15 is 0 Å². The van der Waals surface area contributed by atoms with Gasteiger partial charge in [-0.2, -0.15) is 0 Å². The monoisotopic (exact) mass is 297 g/mol. The van der Waals surface area contributed by atoms with Gasteiger partial charge in [0.1, 0.15) is 0 Å². The van der Waals surface area contributed by atoms with Crippen LogP contribution in [0.3, 0.4) is 0 Å². The molecule has 0 aliphatic heterocycles. The summed E-state index contributed by atoms with van der Waals surface area (Å²) in [5.74, 6) is -0.0203. The van der Waals surface area contributed by atoms with Crippen LogP contribution in [0.5, 0.6) is 0 Å². The van der Waals surface area contributed by atoms with E-state index in [-0.39, 0.29) is 11.9 Å². The second kappa shape index (κ2) is 8.32. The lowest BCUT2D eigenvalue weighted by atomic mass is 9.99. The van der Waals surface area contributed by atoms with E-state index in [4.69, 9.17) is 5.73 Å². The van der Waals surface area contributed by atoms with Crippen LogP contribution >= 0.6 is 0 Å². The molecule has 1 atom stereocenters. The van der Waals surface area contributed by atoms with Crippen LogP contribution in [0.4, 0.5) is 0 Å². The average Bonchev–Trinajstić information content (AvgIpc) is 2.56. The predicted molar refractivity (Wildman–Crippen MR) is 90.4 cm³/mol. The van der Waals surface area contributed by atoms with E-state index in [0.717, 1.165) is 17.5 Å². The Hall–Kier alpha value is -2.17. The highest BCUT2D eigenvalue weighted by molar-refractivity contribution is 5.78. The number of amides is 1. The van der Waals surface area contributed by atoms with E-state index in [0.29, 0.717) is 13.1 Å². The van der Waals surface area contributed by atoms with Gasteiger partial charge in [-0.1, -0.05) is 54.6 Å². The smallest absolute Gasteiger partial charge is 0.234 e. The highest BCUT2D eigenvalue weighted by Crippen LogP contribution is 2.23. The zero-order valence-electron chi connectivity index (χ0n) is 12.9. The molecule has 0 heterocycles. The van der Waals surface area contributed by atoms with Crippen LogP contribution < -0.4 is 16.4 Å². The minimum atomic E-state index is -0.0457. The lowest BCUT2D eigenvalue weighted by molar-refractivity contribution is -0.120. The number of nitrogens with one attached hydrogen (secondary N) is 2. The summed E-state index contributed by atoms with van der Waals surface area (Å²) >= 11 is 0. The van der Waals surface area contributed by atoms with Crippen molar-refractivity contribution in [3.63, 3.8) is 0 Å². The zero-order chi connectivity index (χ0) is 15.8. The van der Waals surface area contributed by atoms with E-state index in [1.54, 1.807) is 7.05 Å². The second-order valence-electron chi connectivity index (χ2n) is 5.22. The van der Waals surface area contributed by atoms with Crippen molar-refractivity contribution in [2.24, 2.45) is 5.73 Å². The molecule has 0 spiro atoms. The summed E-state index contributed by atoms with van der Waals surface area (Å²) in [6, 6.07) is 18.5. The first-order valence-electron chi connectivity index (χ1n) is 7.54. The third kappa shape index (κ3) is 4.41. The van der Waals surface area contributed by atoms with Crippen LogP contribution in [0.15, 0.2) is 54.6 Å². The summed E-state index contributed by atoms with van der Waals surface area (Å²) < 4.78 is 0. The molecular weight excluding hydrogens is 274 g/mol. The van der Waals surface area contributed by atoms with E-state index in [1.807, 2.05) is 18.2 Å². The number of carbonyl (C=O) groups is 1. The van der Waals surface area contributed by atoms with Gasteiger partial charge in [-0.05, 0) is 36.7 Å². The molecule has 0 aromatic heterocycles. The molecule has 2 rings (SSSR count). The fourth-order valence-electron chi connectivity index (χ4n) is 2.43. The van der Waals surface area contributed by atoms with Crippen LogP contribution in [0.25, 0.3) is 11.1 Å². The van der Waals surface area contributed by atoms with Gasteiger partial charge in [0, 0.05) is 0 Å². The van der Waals surface area contributed by atoms with Crippen LogP contribution in [-0.4, -0.2) is 26.0 Å². The van der Waals surface area contributed by atoms with E-state index in [2.05, 4.69) is 47.0 Å². The number of rotatable bonds is 7. The molecule has 0 aliphatic carbocycles. The molecule has 0 bridgehead atoms. The van der Waals surface area contributed by atoms with Gasteiger partial charge in [-0.25, -0.2) is 0 Å². The topological polar surface area (TPSA) is 67.2 Å². The number of hydrogen-bond acceptors (Lipinski definition) is 3. The van der Waals surface area contributed by atoms with Crippen LogP contribution in [0, 0.1) is 0 Å². The molecule has 0 fully saturated rings. The zero-order valence-corrected chi connectivity index (χ0v) is 12.9. The Bertz CT molecular complexity index is 581. The van der Waals surface area contributed by atoms with Gasteiger partial charge in [0.25, 0.3) is 0 Å². The quantitative estimate of drug-likeness (QED) is 0.733. The summed E-state index contributed by atoms with van der Waals surface area (Å²) in [5.41, 5.74) is 9.10. The first-order valence-corrected chi connectivity index (χ1v) is 7.54. The number of likely N-dealkylation sites (N-methyl/N-ethyl adjacent to an activating group) is 1. The van der Waals surface area contributed by atoms with Crippen molar-refractivity contribution in [3.05, 3.63) is 60.2 Å². The van der Waals surface area contributed by atoms with Gasteiger partial charge in [-0.3, -0.25) is 4.79 Å². The highest BCUT2D eigenvalue weighted by atomic mass is 16.1. The van der Waals surface area contributed by atoms with Crippen LogP contribution in [0.2, 0.25) is 0 Å². The summed E-state index contributed by atoms with van der Waals surface area (Å²) in [4.78, 5) is 11.8. The van der Waals surface area contributed by atoms with Gasteiger partial charge in [0.05, 0.1) is 12.6 Å². The molecule has 0 aliphatic rings. The Morgan fingerprint density at radius 2 is 1.68 bits per heavy atom. The summed E-state index contributed by atoms with van der Waals surface area (Å²) in [6.45, 7) is 0.841.